The molecule has 5 nitrogen and oxygen atoms in total. The van der Waals surface area contributed by atoms with Crippen LogP contribution in [0.1, 0.15) is 73.3 Å². The van der Waals surface area contributed by atoms with Gasteiger partial charge in [0.05, 0.1) is 23.1 Å². The van der Waals surface area contributed by atoms with E-state index >= 15 is 0 Å². The zero-order chi connectivity index (χ0) is 26.6. The maximum absolute atomic E-state index is 13.5. The van der Waals surface area contributed by atoms with Gasteiger partial charge in [-0.15, -0.1) is 0 Å². The number of benzene rings is 2. The van der Waals surface area contributed by atoms with Crippen LogP contribution >= 0.6 is 0 Å². The highest BCUT2D eigenvalue weighted by Crippen LogP contribution is 2.41. The van der Waals surface area contributed by atoms with Gasteiger partial charge in [-0.3, -0.25) is 9.69 Å². The van der Waals surface area contributed by atoms with Crippen molar-refractivity contribution in [2.75, 3.05) is 13.1 Å². The fourth-order valence-electron chi connectivity index (χ4n) is 4.90. The number of alkyl halides is 3. The summed E-state index contributed by atoms with van der Waals surface area (Å²) in [7, 11) is 0. The third-order valence-corrected chi connectivity index (χ3v) is 7.33. The number of halogens is 3. The van der Waals surface area contributed by atoms with Crippen LogP contribution in [-0.4, -0.2) is 34.7 Å². The zero-order valence-electron chi connectivity index (χ0n) is 21.1. The normalized spacial score (nSPS) is 19.0. The summed E-state index contributed by atoms with van der Waals surface area (Å²) in [6, 6.07) is 11.3. The fraction of sp³-hybridized carbons (Fsp3) is 0.517. The Labute approximate surface area is 215 Å². The molecule has 2 heterocycles. The number of fused-ring (bicyclic) bond motifs is 1. The van der Waals surface area contributed by atoms with Gasteiger partial charge in [0.25, 0.3) is 0 Å². The fourth-order valence-corrected chi connectivity index (χ4v) is 4.90. The summed E-state index contributed by atoms with van der Waals surface area (Å²) in [6.45, 7) is 3.00. The first-order valence-corrected chi connectivity index (χ1v) is 12.9. The van der Waals surface area contributed by atoms with Crippen LogP contribution in [0.25, 0.3) is 0 Å². The molecule has 1 unspecified atom stereocenters. The van der Waals surface area contributed by atoms with Crippen LogP contribution in [0.2, 0.25) is 0 Å². The lowest BCUT2D eigenvalue weighted by Gasteiger charge is -2.45. The van der Waals surface area contributed by atoms with E-state index < -0.39 is 23.6 Å². The van der Waals surface area contributed by atoms with Crippen molar-refractivity contribution in [3.63, 3.8) is 0 Å². The minimum absolute atomic E-state index is 0.120. The Morgan fingerprint density at radius 2 is 1.84 bits per heavy atom. The van der Waals surface area contributed by atoms with Crippen LogP contribution in [-0.2, 0) is 30.4 Å². The quantitative estimate of drug-likeness (QED) is 0.502. The first-order valence-electron chi connectivity index (χ1n) is 12.9. The first kappa shape index (κ1) is 27.0. The topological polar surface area (TPSA) is 73.6 Å². The molecule has 1 aliphatic carbocycles. The molecule has 0 aromatic heterocycles. The molecule has 2 aromatic rings. The maximum Gasteiger partial charge on any atom is 0.416 e. The average Bonchev–Trinajstić information content (AvgIpc) is 3.74. The molecule has 2 fully saturated rings. The van der Waals surface area contributed by atoms with Crippen LogP contribution < -0.4 is 4.74 Å². The molecule has 37 heavy (non-hydrogen) atoms. The number of carboxylic acid groups (broad SMARTS) is 1. The van der Waals surface area contributed by atoms with E-state index in [1.807, 2.05) is 29.2 Å². The third kappa shape index (κ3) is 7.04. The smallest absolute Gasteiger partial charge is 0.416 e. The minimum Gasteiger partial charge on any atom is -0.487 e. The monoisotopic (exact) mass is 514 g/mol. The molecular weight excluding hydrogens is 481 g/mol. The lowest BCUT2D eigenvalue weighted by molar-refractivity contribution is -0.141. The van der Waals surface area contributed by atoms with E-state index in [0.717, 1.165) is 35.8 Å². The van der Waals surface area contributed by atoms with Crippen LogP contribution in [0, 0.1) is 17.2 Å². The number of aliphatic carboxylic acids is 1. The molecule has 0 radical (unpaired) electrons. The molecule has 1 N–H and O–H groups in total. The highest BCUT2D eigenvalue weighted by molar-refractivity contribution is 5.70. The van der Waals surface area contributed by atoms with E-state index in [-0.39, 0.29) is 23.3 Å². The molecule has 8 heteroatoms. The molecule has 0 amide bonds. The second-order valence-electron chi connectivity index (χ2n) is 10.5. The molecule has 2 aliphatic heterocycles. The van der Waals surface area contributed by atoms with Gasteiger partial charge in [-0.05, 0) is 73.1 Å². The third-order valence-electron chi connectivity index (χ3n) is 7.33. The maximum atomic E-state index is 13.5. The number of nitrogens with zero attached hydrogens (tertiary/aromatic N) is 2. The number of carboxylic acids is 1. The molecule has 1 spiro atoms. The molecule has 198 valence electrons. The van der Waals surface area contributed by atoms with Gasteiger partial charge in [-0.1, -0.05) is 38.3 Å². The highest BCUT2D eigenvalue weighted by atomic mass is 19.4. The van der Waals surface area contributed by atoms with Gasteiger partial charge in [-0.2, -0.15) is 18.4 Å². The summed E-state index contributed by atoms with van der Waals surface area (Å²) in [4.78, 5) is 13.2. The number of aryl methyl sites for hydroxylation is 1. The second-order valence-corrected chi connectivity index (χ2v) is 10.5. The van der Waals surface area contributed by atoms with Crippen molar-refractivity contribution in [1.29, 1.82) is 5.26 Å². The van der Waals surface area contributed by atoms with E-state index in [2.05, 4.69) is 0 Å². The van der Waals surface area contributed by atoms with Gasteiger partial charge in [0, 0.05) is 19.6 Å². The Morgan fingerprint density at radius 3 is 2.43 bits per heavy atom. The van der Waals surface area contributed by atoms with Crippen LogP contribution in [0.3, 0.4) is 0 Å². The largest absolute Gasteiger partial charge is 0.487 e. The Bertz CT molecular complexity index is 1160. The molecule has 1 atom stereocenters. The molecule has 3 aliphatic rings. The summed E-state index contributed by atoms with van der Waals surface area (Å²) in [5, 5.41) is 18.3. The number of carbonyl (C=O) groups is 1. The minimum atomic E-state index is -4.47. The number of ether oxygens (including phenoxy) is 1. The van der Waals surface area contributed by atoms with Crippen molar-refractivity contribution in [1.82, 2.24) is 4.90 Å². The Morgan fingerprint density at radius 1 is 1.14 bits per heavy atom. The van der Waals surface area contributed by atoms with E-state index in [0.29, 0.717) is 32.4 Å². The summed E-state index contributed by atoms with van der Waals surface area (Å²) < 4.78 is 46.9. The van der Waals surface area contributed by atoms with E-state index in [4.69, 9.17) is 10.00 Å². The number of hydrogen-bond acceptors (Lipinski definition) is 4. The predicted molar refractivity (Wildman–Crippen MR) is 133 cm³/mol. The average molecular weight is 515 g/mol. The van der Waals surface area contributed by atoms with Crippen molar-refractivity contribution in [2.24, 2.45) is 5.92 Å². The van der Waals surface area contributed by atoms with Gasteiger partial charge in [-0.25, -0.2) is 0 Å². The molecule has 1 saturated heterocycles. The Kier molecular flexibility index (Phi) is 8.13. The van der Waals surface area contributed by atoms with Gasteiger partial charge < -0.3 is 9.84 Å². The number of likely N-dealkylation sites (tertiary alicyclic amines) is 1. The Balaban J connectivity index is 0.000000994. The summed E-state index contributed by atoms with van der Waals surface area (Å²) >= 11 is 0. The Hall–Kier alpha value is -3.05. The van der Waals surface area contributed by atoms with Crippen molar-refractivity contribution in [3.8, 4) is 11.8 Å². The van der Waals surface area contributed by atoms with Gasteiger partial charge in [0.2, 0.25) is 0 Å². The lowest BCUT2D eigenvalue weighted by Crippen LogP contribution is -2.49. The molecular formula is C29H33F3N2O3. The van der Waals surface area contributed by atoms with Crippen molar-refractivity contribution < 1.29 is 27.8 Å². The molecule has 0 bridgehead atoms. The second kappa shape index (κ2) is 11.1. The van der Waals surface area contributed by atoms with Crippen LogP contribution in [0.4, 0.5) is 13.2 Å². The van der Waals surface area contributed by atoms with E-state index in [1.165, 1.54) is 31.4 Å². The standard InChI is InChI=1S/C26H27F3N2O3.C3H6/c1-17(24(32)33)12-18-2-4-20-6-7-25(34-23(20)14-18)8-10-31(11-9-25)16-21-13-19(15-30)3-5-22(21)26(27,28)29;1-2-3-1/h2-5,13-14,17H,6-12,16H2,1H3,(H,32,33);1-3H2. The summed E-state index contributed by atoms with van der Waals surface area (Å²) in [5.74, 6) is -0.535. The predicted octanol–water partition coefficient (Wildman–Crippen LogP) is 6.37. The number of rotatable bonds is 5. The van der Waals surface area contributed by atoms with E-state index in [9.17, 15) is 23.1 Å². The molecule has 2 aromatic carbocycles. The zero-order valence-corrected chi connectivity index (χ0v) is 21.1. The molecule has 5 rings (SSSR count). The van der Waals surface area contributed by atoms with Crippen molar-refractivity contribution in [3.05, 3.63) is 64.2 Å². The highest BCUT2D eigenvalue weighted by Gasteiger charge is 2.40. The van der Waals surface area contributed by atoms with Crippen molar-refractivity contribution in [2.45, 2.75) is 76.6 Å². The number of piperidine rings is 1. The number of nitriles is 1. The number of hydrogen-bond donors (Lipinski definition) is 1. The van der Waals surface area contributed by atoms with Gasteiger partial charge in [0.1, 0.15) is 11.4 Å². The summed E-state index contributed by atoms with van der Waals surface area (Å²) in [6.07, 6.45) is 3.55. The summed E-state index contributed by atoms with van der Waals surface area (Å²) in [5.41, 5.74) is 1.30. The molecule has 1 saturated carbocycles. The first-order chi connectivity index (χ1) is 17.6. The lowest BCUT2D eigenvalue weighted by atomic mass is 9.82. The SMILES string of the molecule is C1CC1.CC(Cc1ccc2c(c1)OC1(CC2)CCN(Cc2cc(C#N)ccc2C(F)(F)F)CC1)C(=O)O. The van der Waals surface area contributed by atoms with Gasteiger partial charge in [0.15, 0.2) is 0 Å². The van der Waals surface area contributed by atoms with E-state index in [1.54, 1.807) is 6.92 Å². The van der Waals surface area contributed by atoms with Crippen LogP contribution in [0.5, 0.6) is 5.75 Å². The van der Waals surface area contributed by atoms with Gasteiger partial charge >= 0.3 is 12.1 Å². The van der Waals surface area contributed by atoms with Crippen LogP contribution in [0.15, 0.2) is 36.4 Å². The van der Waals surface area contributed by atoms with Crippen molar-refractivity contribution >= 4 is 5.97 Å².